The van der Waals surface area contributed by atoms with Gasteiger partial charge in [0.05, 0.1) is 12.5 Å². The summed E-state index contributed by atoms with van der Waals surface area (Å²) in [6, 6.07) is 0. The minimum atomic E-state index is -0.594. The number of methoxy groups -OCH3 is 1. The van der Waals surface area contributed by atoms with Crippen LogP contribution in [-0.2, 0) is 14.3 Å². The highest BCUT2D eigenvalue weighted by atomic mass is 16.6. The summed E-state index contributed by atoms with van der Waals surface area (Å²) in [7, 11) is 1.38. The first-order valence-corrected chi connectivity index (χ1v) is 6.92. The lowest BCUT2D eigenvalue weighted by molar-refractivity contribution is -0.185. The van der Waals surface area contributed by atoms with Crippen molar-refractivity contribution >= 4 is 12.1 Å². The third kappa shape index (κ3) is 2.49. The van der Waals surface area contributed by atoms with Gasteiger partial charge in [-0.2, -0.15) is 0 Å². The lowest BCUT2D eigenvalue weighted by atomic mass is 9.49. The van der Waals surface area contributed by atoms with E-state index in [4.69, 9.17) is 15.2 Å². The second kappa shape index (κ2) is 4.62. The number of ether oxygens (including phenoxy) is 2. The largest absolute Gasteiger partial charge is 0.469 e. The van der Waals surface area contributed by atoms with E-state index in [2.05, 4.69) is 0 Å². The van der Waals surface area contributed by atoms with Crippen LogP contribution in [0, 0.1) is 10.8 Å². The molecule has 0 unspecified atom stereocenters. The van der Waals surface area contributed by atoms with Crippen molar-refractivity contribution in [3.63, 3.8) is 0 Å². The van der Waals surface area contributed by atoms with Crippen molar-refractivity contribution < 1.29 is 19.1 Å². The summed E-state index contributed by atoms with van der Waals surface area (Å²) in [5.41, 5.74) is 4.53. The maximum Gasteiger partial charge on any atom is 0.410 e. The molecule has 114 valence electrons. The molecule has 0 spiro atoms. The Bertz CT molecular complexity index is 421. The van der Waals surface area contributed by atoms with Crippen LogP contribution in [-0.4, -0.2) is 49.3 Å². The highest BCUT2D eigenvalue weighted by Gasteiger charge is 2.64. The van der Waals surface area contributed by atoms with Crippen molar-refractivity contribution in [2.45, 2.75) is 39.2 Å². The SMILES string of the molecule is COC(=O)C12CN(C(=O)OC(C)(C)C)CC(CN)(C1)C2. The first-order chi connectivity index (χ1) is 9.15. The van der Waals surface area contributed by atoms with E-state index in [1.807, 2.05) is 20.8 Å². The van der Waals surface area contributed by atoms with Crippen LogP contribution in [0.4, 0.5) is 4.79 Å². The number of hydrogen-bond donors (Lipinski definition) is 1. The Morgan fingerprint density at radius 3 is 2.30 bits per heavy atom. The van der Waals surface area contributed by atoms with Crippen molar-refractivity contribution in [2.75, 3.05) is 26.7 Å². The molecular formula is C14H24N2O4. The molecule has 0 aromatic rings. The smallest absolute Gasteiger partial charge is 0.410 e. The molecule has 2 bridgehead atoms. The van der Waals surface area contributed by atoms with Crippen molar-refractivity contribution in [3.8, 4) is 0 Å². The zero-order valence-electron chi connectivity index (χ0n) is 12.7. The summed E-state index contributed by atoms with van der Waals surface area (Å²) in [5, 5.41) is 0. The van der Waals surface area contributed by atoms with Gasteiger partial charge in [-0.1, -0.05) is 0 Å². The van der Waals surface area contributed by atoms with E-state index in [1.165, 1.54) is 7.11 Å². The van der Waals surface area contributed by atoms with Crippen LogP contribution in [0.5, 0.6) is 0 Å². The van der Waals surface area contributed by atoms with Gasteiger partial charge in [0.25, 0.3) is 0 Å². The summed E-state index contributed by atoms with van der Waals surface area (Å²) in [6.07, 6.45) is 1.01. The standard InChI is InChI=1S/C14H24N2O4/c1-12(2,3)20-11(18)16-8-13(7-15)5-14(6-13,9-16)10(17)19-4/h5-9,15H2,1-4H3. The summed E-state index contributed by atoms with van der Waals surface area (Å²) >= 11 is 0. The highest BCUT2D eigenvalue weighted by molar-refractivity contribution is 5.81. The molecular weight excluding hydrogens is 260 g/mol. The topological polar surface area (TPSA) is 81.9 Å². The van der Waals surface area contributed by atoms with Gasteiger partial charge in [-0.25, -0.2) is 4.79 Å². The van der Waals surface area contributed by atoms with Gasteiger partial charge in [0.2, 0.25) is 0 Å². The maximum absolute atomic E-state index is 12.2. The van der Waals surface area contributed by atoms with Gasteiger partial charge in [0.15, 0.2) is 0 Å². The number of nitrogens with two attached hydrogens (primary N) is 1. The Morgan fingerprint density at radius 2 is 1.85 bits per heavy atom. The van der Waals surface area contributed by atoms with Crippen LogP contribution >= 0.6 is 0 Å². The molecule has 0 aromatic carbocycles. The number of hydrogen-bond acceptors (Lipinski definition) is 5. The molecule has 3 rings (SSSR count). The number of carbonyl (C=O) groups is 2. The Labute approximate surface area is 119 Å². The van der Waals surface area contributed by atoms with Gasteiger partial charge < -0.3 is 20.1 Å². The van der Waals surface area contributed by atoms with Crippen LogP contribution in [0.3, 0.4) is 0 Å². The zero-order valence-corrected chi connectivity index (χ0v) is 12.7. The van der Waals surface area contributed by atoms with E-state index in [0.717, 1.165) is 0 Å². The quantitative estimate of drug-likeness (QED) is 0.769. The molecule has 0 radical (unpaired) electrons. The van der Waals surface area contributed by atoms with E-state index >= 15 is 0 Å². The van der Waals surface area contributed by atoms with E-state index in [0.29, 0.717) is 32.5 Å². The fraction of sp³-hybridized carbons (Fsp3) is 0.857. The number of esters is 1. The minimum absolute atomic E-state index is 0.163. The Kier molecular flexibility index (Phi) is 3.48. The normalized spacial score (nSPS) is 32.4. The molecule has 2 aliphatic heterocycles. The monoisotopic (exact) mass is 284 g/mol. The molecule has 3 aliphatic rings. The van der Waals surface area contributed by atoms with Gasteiger partial charge in [-0.05, 0) is 40.2 Å². The van der Waals surface area contributed by atoms with E-state index in [9.17, 15) is 9.59 Å². The lowest BCUT2D eigenvalue weighted by Gasteiger charge is -2.61. The summed E-state index contributed by atoms with van der Waals surface area (Å²) in [4.78, 5) is 25.8. The van der Waals surface area contributed by atoms with Gasteiger partial charge in [-0.15, -0.1) is 0 Å². The van der Waals surface area contributed by atoms with Gasteiger partial charge in [0.1, 0.15) is 5.60 Å². The lowest BCUT2D eigenvalue weighted by Crippen LogP contribution is -2.69. The number of carbonyl (C=O) groups excluding carboxylic acids is 2. The highest BCUT2D eigenvalue weighted by Crippen LogP contribution is 2.59. The second-order valence-corrected chi connectivity index (χ2v) is 7.17. The Morgan fingerprint density at radius 1 is 1.25 bits per heavy atom. The van der Waals surface area contributed by atoms with Crippen LogP contribution in [0.2, 0.25) is 0 Å². The molecule has 6 nitrogen and oxygen atoms in total. The molecule has 0 atom stereocenters. The summed E-state index contributed by atoms with van der Waals surface area (Å²) in [5.74, 6) is -0.255. The number of rotatable bonds is 2. The van der Waals surface area contributed by atoms with E-state index < -0.39 is 11.0 Å². The molecule has 2 heterocycles. The fourth-order valence-electron chi connectivity index (χ4n) is 3.52. The third-order valence-corrected chi connectivity index (χ3v) is 4.15. The predicted molar refractivity (Wildman–Crippen MR) is 73.0 cm³/mol. The molecule has 1 aliphatic carbocycles. The molecule has 2 saturated heterocycles. The molecule has 6 heteroatoms. The fourth-order valence-corrected chi connectivity index (χ4v) is 3.52. The average Bonchev–Trinajstić information content (AvgIpc) is 2.34. The van der Waals surface area contributed by atoms with E-state index in [-0.39, 0.29) is 17.5 Å². The summed E-state index contributed by atoms with van der Waals surface area (Å²) in [6.45, 7) is 6.84. The van der Waals surface area contributed by atoms with Crippen LogP contribution in [0.1, 0.15) is 33.6 Å². The summed E-state index contributed by atoms with van der Waals surface area (Å²) < 4.78 is 10.3. The Balaban J connectivity index is 2.13. The molecule has 20 heavy (non-hydrogen) atoms. The van der Waals surface area contributed by atoms with Crippen LogP contribution in [0.15, 0.2) is 0 Å². The van der Waals surface area contributed by atoms with Crippen molar-refractivity contribution in [3.05, 3.63) is 0 Å². The van der Waals surface area contributed by atoms with Crippen LogP contribution < -0.4 is 5.73 Å². The molecule has 2 N–H and O–H groups in total. The number of nitrogens with zero attached hydrogens (tertiary/aromatic N) is 1. The third-order valence-electron chi connectivity index (χ3n) is 4.15. The molecule has 3 fully saturated rings. The minimum Gasteiger partial charge on any atom is -0.469 e. The molecule has 0 aromatic heterocycles. The predicted octanol–water partition coefficient (Wildman–Crippen LogP) is 1.14. The van der Waals surface area contributed by atoms with Crippen LogP contribution in [0.25, 0.3) is 0 Å². The first-order valence-electron chi connectivity index (χ1n) is 6.92. The van der Waals surface area contributed by atoms with Gasteiger partial charge >= 0.3 is 12.1 Å². The number of piperidine rings is 2. The first kappa shape index (κ1) is 15.1. The zero-order chi connectivity index (χ0) is 15.2. The van der Waals surface area contributed by atoms with Crippen molar-refractivity contribution in [2.24, 2.45) is 16.6 Å². The second-order valence-electron chi connectivity index (χ2n) is 7.17. The number of amides is 1. The van der Waals surface area contributed by atoms with E-state index in [1.54, 1.807) is 4.90 Å². The molecule has 1 amide bonds. The van der Waals surface area contributed by atoms with Crippen molar-refractivity contribution in [1.82, 2.24) is 4.90 Å². The van der Waals surface area contributed by atoms with Crippen molar-refractivity contribution in [1.29, 1.82) is 0 Å². The number of fused-ring (bicyclic) bond motifs is 2. The Hall–Kier alpha value is -1.30. The van der Waals surface area contributed by atoms with Gasteiger partial charge in [0, 0.05) is 18.5 Å². The van der Waals surface area contributed by atoms with Gasteiger partial charge in [-0.3, -0.25) is 4.79 Å². The maximum atomic E-state index is 12.2. The average molecular weight is 284 g/mol. The molecule has 1 saturated carbocycles.